The first-order valence-electron chi connectivity index (χ1n) is 19.2. The molecule has 1 heterocycles. The Morgan fingerprint density at radius 3 is 2.39 bits per heavy atom. The Labute approximate surface area is 298 Å². The van der Waals surface area contributed by atoms with Gasteiger partial charge in [-0.1, -0.05) is 39.8 Å². The lowest BCUT2D eigenvalue weighted by atomic mass is 9.41. The molecule has 1 saturated heterocycles. The number of aliphatic hydroxyl groups excluding tert-OH is 3. The fraction of sp³-hybridized carbons (Fsp3) is 0.732. The van der Waals surface area contributed by atoms with Crippen molar-refractivity contribution in [2.75, 3.05) is 6.61 Å². The molecule has 16 atom stereocenters. The van der Waals surface area contributed by atoms with E-state index in [1.165, 1.54) is 12.1 Å². The summed E-state index contributed by atoms with van der Waals surface area (Å²) >= 11 is 0. The highest BCUT2D eigenvalue weighted by atomic mass is 16.6. The van der Waals surface area contributed by atoms with Crippen LogP contribution < -0.4 is 0 Å². The zero-order valence-corrected chi connectivity index (χ0v) is 30.0. The van der Waals surface area contributed by atoms with Gasteiger partial charge in [-0.2, -0.15) is 0 Å². The Balaban J connectivity index is 1.16. The average Bonchev–Trinajstić information content (AvgIpc) is 3.40. The number of fused-ring (bicyclic) bond motifs is 13. The van der Waals surface area contributed by atoms with Crippen LogP contribution in [0, 0.1) is 45.8 Å². The van der Waals surface area contributed by atoms with Crippen LogP contribution in [-0.2, 0) is 16.0 Å². The highest BCUT2D eigenvalue weighted by Gasteiger charge is 2.82. The highest BCUT2D eigenvalue weighted by Crippen LogP contribution is 2.75. The first-order chi connectivity index (χ1) is 23.9. The number of allylic oxidation sites excluding steroid dienone is 2. The smallest absolute Gasteiger partial charge is 0.160 e. The van der Waals surface area contributed by atoms with Gasteiger partial charge in [0, 0.05) is 54.6 Å². The topological polar surface area (TPSA) is 188 Å². The van der Waals surface area contributed by atoms with Crippen LogP contribution in [0.1, 0.15) is 96.1 Å². The molecule has 1 aromatic rings. The van der Waals surface area contributed by atoms with Crippen molar-refractivity contribution in [2.24, 2.45) is 45.8 Å². The summed E-state index contributed by atoms with van der Waals surface area (Å²) in [7, 11) is 0. The quantitative estimate of drug-likeness (QED) is 0.212. The van der Waals surface area contributed by atoms with Crippen molar-refractivity contribution >= 4 is 5.78 Å². The molecular formula is C41H54O10. The number of carbonyl (C=O) groups excluding carboxylic acids is 1. The van der Waals surface area contributed by atoms with Gasteiger partial charge < -0.3 is 45.6 Å². The summed E-state index contributed by atoms with van der Waals surface area (Å²) in [6.45, 7) is 7.75. The van der Waals surface area contributed by atoms with Gasteiger partial charge in [-0.05, 0) is 96.5 Å². The zero-order valence-electron chi connectivity index (χ0n) is 30.0. The third-order valence-corrected chi connectivity index (χ3v) is 17.1. The first-order valence-corrected chi connectivity index (χ1v) is 19.2. The van der Waals surface area contributed by atoms with Crippen LogP contribution in [0.2, 0.25) is 0 Å². The van der Waals surface area contributed by atoms with Crippen molar-refractivity contribution < 1.29 is 50.4 Å². The van der Waals surface area contributed by atoms with Gasteiger partial charge in [0.05, 0.1) is 29.5 Å². The predicted molar refractivity (Wildman–Crippen MR) is 184 cm³/mol. The van der Waals surface area contributed by atoms with E-state index in [1.807, 2.05) is 20.8 Å². The molecule has 1 aliphatic heterocycles. The molecule has 8 aliphatic carbocycles. The van der Waals surface area contributed by atoms with Gasteiger partial charge >= 0.3 is 0 Å². The van der Waals surface area contributed by atoms with Gasteiger partial charge in [0.25, 0.3) is 0 Å². The van der Waals surface area contributed by atoms with E-state index in [0.717, 1.165) is 12.8 Å². The molecule has 2 bridgehead atoms. The third-order valence-electron chi connectivity index (χ3n) is 17.1. The number of hydrogen-bond donors (Lipinski definition) is 8. The Morgan fingerprint density at radius 1 is 0.961 bits per heavy atom. The van der Waals surface area contributed by atoms with Gasteiger partial charge in [0.2, 0.25) is 0 Å². The van der Waals surface area contributed by atoms with E-state index in [0.29, 0.717) is 29.5 Å². The van der Waals surface area contributed by atoms with E-state index in [4.69, 9.17) is 4.74 Å². The monoisotopic (exact) mass is 706 g/mol. The number of hydrogen-bond acceptors (Lipinski definition) is 10. The van der Waals surface area contributed by atoms with E-state index in [2.05, 4.69) is 19.1 Å². The lowest BCUT2D eigenvalue weighted by Crippen LogP contribution is -2.70. The number of carbonyl (C=O) groups is 1. The molecule has 8 N–H and O–H groups in total. The second-order valence-electron chi connectivity index (χ2n) is 18.8. The molecule has 278 valence electrons. The van der Waals surface area contributed by atoms with Crippen LogP contribution >= 0.6 is 0 Å². The van der Waals surface area contributed by atoms with E-state index in [-0.39, 0.29) is 79.2 Å². The standard InChI is InChI=1S/C41H54O10/c1-20-34(47)41(21-5-9-35(20,2)10-6-21)39(49,13-14-42)33-29(51-41)18-40(50)26-17-28(45)32-31-24-15-22(43)16-27(44)23(24)7-12-38(31,48)30(46)19-36(32,3)25(26)8-11-37(33,40)4/h5,9,15-17,20-21,25,29-34,42-44,46-50H,6-8,10-14,18-19H2,1-4H3. The lowest BCUT2D eigenvalue weighted by Gasteiger charge is -2.64. The Kier molecular flexibility index (Phi) is 6.93. The molecule has 4 saturated carbocycles. The molecule has 0 amide bonds. The maximum Gasteiger partial charge on any atom is 0.160 e. The van der Waals surface area contributed by atoms with E-state index in [1.54, 1.807) is 6.08 Å². The minimum absolute atomic E-state index is 0.0303. The molecule has 5 fully saturated rings. The second-order valence-corrected chi connectivity index (χ2v) is 18.8. The summed E-state index contributed by atoms with van der Waals surface area (Å²) in [5.41, 5.74) is -6.83. The lowest BCUT2D eigenvalue weighted by molar-refractivity contribution is -0.245. The van der Waals surface area contributed by atoms with Gasteiger partial charge in [0.15, 0.2) is 5.78 Å². The second kappa shape index (κ2) is 10.3. The van der Waals surface area contributed by atoms with Crippen LogP contribution in [0.25, 0.3) is 0 Å². The van der Waals surface area contributed by atoms with Crippen LogP contribution in [0.5, 0.6) is 11.5 Å². The first kappa shape index (κ1) is 34.5. The number of aromatic hydroxyl groups is 2. The number of benzene rings is 1. The van der Waals surface area contributed by atoms with Gasteiger partial charge in [-0.25, -0.2) is 0 Å². The number of ether oxygens (including phenoxy) is 1. The van der Waals surface area contributed by atoms with Crippen LogP contribution in [-0.4, -0.2) is 94.0 Å². The molecular weight excluding hydrogens is 652 g/mol. The molecule has 10 heteroatoms. The number of phenols is 2. The molecule has 0 radical (unpaired) electrons. The summed E-state index contributed by atoms with van der Waals surface area (Å²) in [6, 6.07) is 2.76. The van der Waals surface area contributed by atoms with Crippen molar-refractivity contribution in [1.82, 2.24) is 0 Å². The fourth-order valence-electron chi connectivity index (χ4n) is 14.4. The molecule has 1 aromatic carbocycles. The zero-order chi connectivity index (χ0) is 36.5. The van der Waals surface area contributed by atoms with E-state index < -0.39 is 69.3 Å². The third kappa shape index (κ3) is 3.76. The van der Waals surface area contributed by atoms with E-state index >= 15 is 0 Å². The summed E-state index contributed by atoms with van der Waals surface area (Å²) in [6.07, 6.45) is 6.13. The molecule has 1 spiro atoms. The number of ketones is 1. The van der Waals surface area contributed by atoms with Crippen molar-refractivity contribution in [2.45, 2.75) is 132 Å². The van der Waals surface area contributed by atoms with Crippen molar-refractivity contribution in [3.63, 3.8) is 0 Å². The van der Waals surface area contributed by atoms with Crippen LogP contribution in [0.15, 0.2) is 35.9 Å². The van der Waals surface area contributed by atoms with E-state index in [9.17, 15) is 45.6 Å². The molecule has 10 rings (SSSR count). The average molecular weight is 707 g/mol. The SMILES string of the molecule is CC1C(O)C2(OC3CC4(O)C5=CC(=O)C6C7c8cc(O)cc(O)c8CCC7(O)C(O)CC6(C)C5CCC4(C)C3C2(O)CCO)C2C=CC1(C)CC2. The van der Waals surface area contributed by atoms with Crippen molar-refractivity contribution in [1.29, 1.82) is 0 Å². The molecule has 51 heavy (non-hydrogen) atoms. The molecule has 9 aliphatic rings. The van der Waals surface area contributed by atoms with Crippen LogP contribution in [0.3, 0.4) is 0 Å². The van der Waals surface area contributed by atoms with Crippen molar-refractivity contribution in [3.8, 4) is 11.5 Å². The summed E-state index contributed by atoms with van der Waals surface area (Å²) in [5.74, 6) is -3.75. The molecule has 0 aromatic heterocycles. The van der Waals surface area contributed by atoms with Gasteiger partial charge in [-0.15, -0.1) is 0 Å². The van der Waals surface area contributed by atoms with Crippen molar-refractivity contribution in [3.05, 3.63) is 47.1 Å². The Bertz CT molecular complexity index is 1770. The summed E-state index contributed by atoms with van der Waals surface area (Å²) in [4.78, 5) is 14.7. The fourth-order valence-corrected chi connectivity index (χ4v) is 14.4. The minimum Gasteiger partial charge on any atom is -0.508 e. The number of phenolic OH excluding ortho intramolecular Hbond substituents is 2. The minimum atomic E-state index is -1.68. The maximum atomic E-state index is 14.7. The Hall–Kier alpha value is -2.31. The predicted octanol–water partition coefficient (Wildman–Crippen LogP) is 3.16. The normalized spacial score (nSPS) is 54.9. The maximum absolute atomic E-state index is 14.7. The van der Waals surface area contributed by atoms with Gasteiger partial charge in [-0.3, -0.25) is 4.79 Å². The highest BCUT2D eigenvalue weighted by molar-refractivity contribution is 5.96. The Morgan fingerprint density at radius 2 is 1.71 bits per heavy atom. The number of rotatable bonds is 2. The molecule has 10 nitrogen and oxygen atoms in total. The molecule has 16 unspecified atom stereocenters. The summed E-state index contributed by atoms with van der Waals surface area (Å²) in [5, 5.41) is 94.4. The number of aliphatic hydroxyl groups is 6. The largest absolute Gasteiger partial charge is 0.508 e. The van der Waals surface area contributed by atoms with Gasteiger partial charge in [0.1, 0.15) is 22.7 Å². The van der Waals surface area contributed by atoms with Crippen LogP contribution in [0.4, 0.5) is 0 Å². The summed E-state index contributed by atoms with van der Waals surface area (Å²) < 4.78 is 7.09.